The molecular formula is C12H25NO2. The number of hydrogen-bond acceptors (Lipinski definition) is 3. The second-order valence-electron chi connectivity index (χ2n) is 4.48. The van der Waals surface area contributed by atoms with Crippen LogP contribution in [-0.2, 0) is 4.74 Å². The molecule has 0 aromatic carbocycles. The lowest BCUT2D eigenvalue weighted by atomic mass is 10.1. The molecule has 1 rings (SSSR count). The smallest absolute Gasteiger partial charge is 0.0595 e. The molecule has 0 bridgehead atoms. The summed E-state index contributed by atoms with van der Waals surface area (Å²) in [6.45, 7) is 5.48. The van der Waals surface area contributed by atoms with Crippen molar-refractivity contribution < 1.29 is 9.84 Å². The van der Waals surface area contributed by atoms with E-state index in [4.69, 9.17) is 4.74 Å². The zero-order valence-corrected chi connectivity index (χ0v) is 10.1. The number of likely N-dealkylation sites (tertiary alicyclic amines) is 1. The second-order valence-corrected chi connectivity index (χ2v) is 4.48. The fourth-order valence-electron chi connectivity index (χ4n) is 2.12. The van der Waals surface area contributed by atoms with Gasteiger partial charge in [-0.15, -0.1) is 0 Å². The molecule has 0 aliphatic carbocycles. The lowest BCUT2D eigenvalue weighted by Gasteiger charge is -2.31. The summed E-state index contributed by atoms with van der Waals surface area (Å²) in [5.74, 6) is 0. The van der Waals surface area contributed by atoms with Crippen molar-refractivity contribution in [2.24, 2.45) is 0 Å². The minimum absolute atomic E-state index is 0.0958. The molecule has 0 saturated carbocycles. The molecule has 1 N–H and O–H groups in total. The first-order valence-corrected chi connectivity index (χ1v) is 6.19. The number of aliphatic hydroxyl groups excluding tert-OH is 1. The van der Waals surface area contributed by atoms with Crippen LogP contribution in [0.4, 0.5) is 0 Å². The molecule has 0 spiro atoms. The summed E-state index contributed by atoms with van der Waals surface area (Å²) >= 11 is 0. The highest BCUT2D eigenvalue weighted by molar-refractivity contribution is 4.72. The van der Waals surface area contributed by atoms with E-state index in [1.165, 1.54) is 0 Å². The Morgan fingerprint density at radius 3 is 2.60 bits per heavy atom. The molecular weight excluding hydrogens is 190 g/mol. The van der Waals surface area contributed by atoms with Crippen LogP contribution in [0.1, 0.15) is 39.0 Å². The molecule has 3 heteroatoms. The predicted octanol–water partition coefficient (Wildman–Crippen LogP) is 1.65. The van der Waals surface area contributed by atoms with Gasteiger partial charge in [-0.05, 0) is 38.6 Å². The molecule has 1 fully saturated rings. The van der Waals surface area contributed by atoms with E-state index in [0.29, 0.717) is 6.10 Å². The van der Waals surface area contributed by atoms with Gasteiger partial charge in [0, 0.05) is 20.2 Å². The first-order chi connectivity index (χ1) is 7.26. The summed E-state index contributed by atoms with van der Waals surface area (Å²) in [5, 5.41) is 9.43. The van der Waals surface area contributed by atoms with Crippen molar-refractivity contribution in [2.75, 3.05) is 26.7 Å². The number of ether oxygens (including phenoxy) is 1. The molecule has 0 aromatic heterocycles. The third-order valence-electron chi connectivity index (χ3n) is 3.35. The minimum Gasteiger partial charge on any atom is -0.393 e. The largest absolute Gasteiger partial charge is 0.393 e. The maximum absolute atomic E-state index is 9.43. The van der Waals surface area contributed by atoms with E-state index in [1.54, 1.807) is 7.11 Å². The third-order valence-corrected chi connectivity index (χ3v) is 3.35. The number of aliphatic hydroxyl groups is 1. The Labute approximate surface area is 93.4 Å². The van der Waals surface area contributed by atoms with Gasteiger partial charge >= 0.3 is 0 Å². The van der Waals surface area contributed by atoms with Gasteiger partial charge in [0.15, 0.2) is 0 Å². The predicted molar refractivity (Wildman–Crippen MR) is 62.0 cm³/mol. The number of nitrogens with zero attached hydrogens (tertiary/aromatic N) is 1. The van der Waals surface area contributed by atoms with Gasteiger partial charge < -0.3 is 14.7 Å². The van der Waals surface area contributed by atoms with Crippen LogP contribution in [0.2, 0.25) is 0 Å². The lowest BCUT2D eigenvalue weighted by molar-refractivity contribution is 0.0393. The van der Waals surface area contributed by atoms with E-state index in [-0.39, 0.29) is 6.10 Å². The van der Waals surface area contributed by atoms with Gasteiger partial charge in [0.25, 0.3) is 0 Å². The minimum atomic E-state index is -0.0958. The lowest BCUT2D eigenvalue weighted by Crippen LogP contribution is -2.37. The molecule has 0 radical (unpaired) electrons. The average molecular weight is 215 g/mol. The van der Waals surface area contributed by atoms with Crippen LogP contribution < -0.4 is 0 Å². The Bertz CT molecular complexity index is 156. The molecule has 1 aliphatic rings. The third kappa shape index (κ3) is 4.96. The fourth-order valence-corrected chi connectivity index (χ4v) is 2.12. The van der Waals surface area contributed by atoms with E-state index in [9.17, 15) is 5.11 Å². The quantitative estimate of drug-likeness (QED) is 0.731. The SMILES string of the molecule is CCC(O)CCCN1CCC(OC)CC1. The monoisotopic (exact) mass is 215 g/mol. The molecule has 1 unspecified atom stereocenters. The van der Waals surface area contributed by atoms with Crippen molar-refractivity contribution in [1.82, 2.24) is 4.90 Å². The highest BCUT2D eigenvalue weighted by Gasteiger charge is 2.17. The summed E-state index contributed by atoms with van der Waals surface area (Å²) in [5.41, 5.74) is 0. The van der Waals surface area contributed by atoms with Gasteiger partial charge in [-0.3, -0.25) is 0 Å². The zero-order chi connectivity index (χ0) is 11.1. The van der Waals surface area contributed by atoms with Crippen molar-refractivity contribution in [2.45, 2.75) is 51.2 Å². The molecule has 0 aromatic rings. The molecule has 0 amide bonds. The van der Waals surface area contributed by atoms with Crippen LogP contribution >= 0.6 is 0 Å². The maximum atomic E-state index is 9.43. The Morgan fingerprint density at radius 2 is 2.07 bits per heavy atom. The van der Waals surface area contributed by atoms with E-state index in [0.717, 1.165) is 51.7 Å². The second kappa shape index (κ2) is 7.20. The van der Waals surface area contributed by atoms with Gasteiger partial charge in [0.05, 0.1) is 12.2 Å². The topological polar surface area (TPSA) is 32.7 Å². The Kier molecular flexibility index (Phi) is 6.22. The van der Waals surface area contributed by atoms with E-state index in [2.05, 4.69) is 4.90 Å². The Morgan fingerprint density at radius 1 is 1.40 bits per heavy atom. The summed E-state index contributed by atoms with van der Waals surface area (Å²) in [6, 6.07) is 0. The van der Waals surface area contributed by atoms with Crippen LogP contribution in [0.15, 0.2) is 0 Å². The van der Waals surface area contributed by atoms with Crippen LogP contribution in [0, 0.1) is 0 Å². The van der Waals surface area contributed by atoms with Crippen molar-refractivity contribution in [1.29, 1.82) is 0 Å². The Balaban J connectivity index is 2.03. The normalized spacial score (nSPS) is 21.8. The summed E-state index contributed by atoms with van der Waals surface area (Å²) in [4.78, 5) is 2.48. The number of rotatable bonds is 6. The standard InChI is InChI=1S/C12H25NO2/c1-3-11(14)5-4-8-13-9-6-12(15-2)7-10-13/h11-12,14H,3-10H2,1-2H3. The van der Waals surface area contributed by atoms with Gasteiger partial charge in [-0.1, -0.05) is 6.92 Å². The van der Waals surface area contributed by atoms with Gasteiger partial charge in [-0.25, -0.2) is 0 Å². The van der Waals surface area contributed by atoms with Crippen molar-refractivity contribution in [3.8, 4) is 0 Å². The molecule has 15 heavy (non-hydrogen) atoms. The van der Waals surface area contributed by atoms with Gasteiger partial charge in [0.1, 0.15) is 0 Å². The molecule has 1 saturated heterocycles. The van der Waals surface area contributed by atoms with Crippen LogP contribution in [0.25, 0.3) is 0 Å². The summed E-state index contributed by atoms with van der Waals surface area (Å²) in [7, 11) is 1.80. The number of piperidine rings is 1. The van der Waals surface area contributed by atoms with E-state index in [1.807, 2.05) is 6.92 Å². The first-order valence-electron chi connectivity index (χ1n) is 6.19. The fraction of sp³-hybridized carbons (Fsp3) is 1.00. The van der Waals surface area contributed by atoms with Gasteiger partial charge in [0.2, 0.25) is 0 Å². The molecule has 3 nitrogen and oxygen atoms in total. The summed E-state index contributed by atoms with van der Waals surface area (Å²) < 4.78 is 5.33. The average Bonchev–Trinajstić information content (AvgIpc) is 2.29. The first kappa shape index (κ1) is 12.9. The van der Waals surface area contributed by atoms with Crippen LogP contribution in [0.5, 0.6) is 0 Å². The van der Waals surface area contributed by atoms with Crippen LogP contribution in [0.3, 0.4) is 0 Å². The summed E-state index contributed by atoms with van der Waals surface area (Å²) in [6.07, 6.45) is 5.64. The molecule has 1 atom stereocenters. The van der Waals surface area contributed by atoms with Crippen LogP contribution in [-0.4, -0.2) is 49.0 Å². The zero-order valence-electron chi connectivity index (χ0n) is 10.1. The van der Waals surface area contributed by atoms with Crippen molar-refractivity contribution in [3.05, 3.63) is 0 Å². The number of methoxy groups -OCH3 is 1. The van der Waals surface area contributed by atoms with Crippen molar-refractivity contribution >= 4 is 0 Å². The van der Waals surface area contributed by atoms with E-state index >= 15 is 0 Å². The van der Waals surface area contributed by atoms with Crippen molar-refractivity contribution in [3.63, 3.8) is 0 Å². The Hall–Kier alpha value is -0.120. The number of hydrogen-bond donors (Lipinski definition) is 1. The van der Waals surface area contributed by atoms with E-state index < -0.39 is 0 Å². The highest BCUT2D eigenvalue weighted by Crippen LogP contribution is 2.13. The molecule has 1 aliphatic heterocycles. The molecule has 90 valence electrons. The highest BCUT2D eigenvalue weighted by atomic mass is 16.5. The van der Waals surface area contributed by atoms with Gasteiger partial charge in [-0.2, -0.15) is 0 Å². The molecule has 1 heterocycles. The maximum Gasteiger partial charge on any atom is 0.0595 e.